The van der Waals surface area contributed by atoms with Crippen molar-refractivity contribution in [3.05, 3.63) is 76.7 Å². The van der Waals surface area contributed by atoms with Crippen molar-refractivity contribution >= 4 is 45.2 Å². The van der Waals surface area contributed by atoms with E-state index in [-0.39, 0.29) is 6.61 Å². The van der Waals surface area contributed by atoms with Gasteiger partial charge in [-0.15, -0.1) is 11.3 Å². The Morgan fingerprint density at radius 3 is 2.81 bits per heavy atom. The molecule has 0 bridgehead atoms. The minimum atomic E-state index is -0.486. The van der Waals surface area contributed by atoms with E-state index in [2.05, 4.69) is 9.97 Å². The summed E-state index contributed by atoms with van der Waals surface area (Å²) in [6.07, 6.45) is 4.58. The maximum atomic E-state index is 11.9. The number of fused-ring (bicyclic) bond motifs is 1. The molecule has 0 N–H and O–H groups in total. The highest BCUT2D eigenvalue weighted by atomic mass is 35.5. The molecule has 0 aliphatic heterocycles. The number of hydrogen-bond acceptors (Lipinski definition) is 6. The van der Waals surface area contributed by atoms with Crippen LogP contribution in [-0.2, 0) is 16.1 Å². The number of oxazole rings is 1. The van der Waals surface area contributed by atoms with E-state index in [9.17, 15) is 4.79 Å². The van der Waals surface area contributed by atoms with E-state index in [0.717, 1.165) is 20.8 Å². The first-order valence-electron chi connectivity index (χ1n) is 8.08. The van der Waals surface area contributed by atoms with Crippen molar-refractivity contribution in [2.75, 3.05) is 0 Å². The Labute approximate surface area is 163 Å². The van der Waals surface area contributed by atoms with Crippen LogP contribution in [0.15, 0.2) is 65.2 Å². The van der Waals surface area contributed by atoms with Gasteiger partial charge in [-0.25, -0.2) is 14.8 Å². The predicted molar refractivity (Wildman–Crippen MR) is 105 cm³/mol. The van der Waals surface area contributed by atoms with Gasteiger partial charge in [-0.05, 0) is 42.5 Å². The molecule has 0 unspecified atom stereocenters. The number of carbonyl (C=O) groups excluding carboxylic acids is 1. The first-order valence-corrected chi connectivity index (χ1v) is 9.28. The smallest absolute Gasteiger partial charge is 0.331 e. The molecule has 0 aliphatic rings. The minimum absolute atomic E-state index is 0.0450. The molecular weight excluding hydrogens is 384 g/mol. The fourth-order valence-corrected chi connectivity index (χ4v) is 3.40. The Morgan fingerprint density at radius 2 is 2.00 bits per heavy atom. The summed E-state index contributed by atoms with van der Waals surface area (Å²) in [7, 11) is 0. The van der Waals surface area contributed by atoms with Crippen LogP contribution in [0.1, 0.15) is 10.9 Å². The van der Waals surface area contributed by atoms with Gasteiger partial charge < -0.3 is 9.15 Å². The molecule has 2 heterocycles. The van der Waals surface area contributed by atoms with Crippen LogP contribution in [0, 0.1) is 0 Å². The summed E-state index contributed by atoms with van der Waals surface area (Å²) >= 11 is 7.38. The normalized spacial score (nSPS) is 11.3. The van der Waals surface area contributed by atoms with E-state index < -0.39 is 5.97 Å². The van der Waals surface area contributed by atoms with Crippen molar-refractivity contribution in [2.24, 2.45) is 0 Å². The maximum absolute atomic E-state index is 11.9. The lowest BCUT2D eigenvalue weighted by atomic mass is 10.2. The number of ether oxygens (including phenoxy) is 1. The van der Waals surface area contributed by atoms with Gasteiger partial charge in [0.2, 0.25) is 5.89 Å². The molecular formula is C20H13ClN2O3S. The van der Waals surface area contributed by atoms with Crippen LogP contribution < -0.4 is 0 Å². The number of thiazole rings is 1. The zero-order valence-electron chi connectivity index (χ0n) is 14.0. The zero-order valence-corrected chi connectivity index (χ0v) is 15.5. The second kappa shape index (κ2) is 7.73. The first kappa shape index (κ1) is 17.5. The summed E-state index contributed by atoms with van der Waals surface area (Å²) in [5, 5.41) is 1.39. The van der Waals surface area contributed by atoms with Crippen molar-refractivity contribution in [3.63, 3.8) is 0 Å². The monoisotopic (exact) mass is 396 g/mol. The second-order valence-electron chi connectivity index (χ2n) is 5.59. The Bertz CT molecular complexity index is 1080. The van der Waals surface area contributed by atoms with E-state index in [1.807, 2.05) is 36.4 Å². The van der Waals surface area contributed by atoms with Gasteiger partial charge in [-0.3, -0.25) is 0 Å². The Balaban J connectivity index is 1.35. The Hall–Kier alpha value is -2.96. The summed E-state index contributed by atoms with van der Waals surface area (Å²) < 4.78 is 11.8. The van der Waals surface area contributed by atoms with E-state index in [1.165, 1.54) is 17.4 Å². The molecule has 0 fully saturated rings. The van der Waals surface area contributed by atoms with Crippen LogP contribution in [-0.4, -0.2) is 15.9 Å². The average molecular weight is 397 g/mol. The quantitative estimate of drug-likeness (QED) is 0.335. The van der Waals surface area contributed by atoms with Crippen LogP contribution in [0.3, 0.4) is 0 Å². The lowest BCUT2D eigenvalue weighted by Crippen LogP contribution is -2.00. The molecule has 2 aromatic heterocycles. The zero-order chi connectivity index (χ0) is 18.6. The second-order valence-corrected chi connectivity index (χ2v) is 7.08. The van der Waals surface area contributed by atoms with Crippen molar-refractivity contribution in [2.45, 2.75) is 6.61 Å². The molecule has 0 saturated carbocycles. The van der Waals surface area contributed by atoms with Gasteiger partial charge in [-0.1, -0.05) is 23.7 Å². The largest absolute Gasteiger partial charge is 0.453 e. The summed E-state index contributed by atoms with van der Waals surface area (Å²) in [6, 6.07) is 15.0. The van der Waals surface area contributed by atoms with Crippen LogP contribution in [0.2, 0.25) is 5.02 Å². The Kier molecular flexibility index (Phi) is 5.00. The molecule has 0 radical (unpaired) electrons. The first-order chi connectivity index (χ1) is 13.2. The van der Waals surface area contributed by atoms with E-state index >= 15 is 0 Å². The highest BCUT2D eigenvalue weighted by Crippen LogP contribution is 2.23. The number of halogens is 1. The van der Waals surface area contributed by atoms with Gasteiger partial charge in [0.05, 0.1) is 16.4 Å². The summed E-state index contributed by atoms with van der Waals surface area (Å²) in [6.45, 7) is -0.0450. The third-order valence-electron chi connectivity index (χ3n) is 3.69. The SMILES string of the molecule is O=C(/C=C/c1nc2ccccc2s1)OCc1ncc(-c2ccc(Cl)cc2)o1. The van der Waals surface area contributed by atoms with Crippen molar-refractivity contribution < 1.29 is 13.9 Å². The number of rotatable bonds is 5. The molecule has 0 aliphatic carbocycles. The number of aromatic nitrogens is 2. The third-order valence-corrected chi connectivity index (χ3v) is 4.95. The fourth-order valence-electron chi connectivity index (χ4n) is 2.41. The fraction of sp³-hybridized carbons (Fsp3) is 0.0500. The van der Waals surface area contributed by atoms with Gasteiger partial charge in [0.1, 0.15) is 5.01 Å². The maximum Gasteiger partial charge on any atom is 0.331 e. The molecule has 4 aromatic rings. The van der Waals surface area contributed by atoms with Crippen molar-refractivity contribution in [1.82, 2.24) is 9.97 Å². The molecule has 0 saturated heterocycles. The van der Waals surface area contributed by atoms with E-state index in [0.29, 0.717) is 16.7 Å². The summed E-state index contributed by atoms with van der Waals surface area (Å²) in [5.74, 6) is 0.421. The van der Waals surface area contributed by atoms with Crippen molar-refractivity contribution in [3.8, 4) is 11.3 Å². The van der Waals surface area contributed by atoms with Gasteiger partial charge in [0.25, 0.3) is 0 Å². The third kappa shape index (κ3) is 4.24. The standard InChI is InChI=1S/C20H13ClN2O3S/c21-14-7-5-13(6-8-14)16-11-22-18(26-16)12-25-20(24)10-9-19-23-15-3-1-2-4-17(15)27-19/h1-11H,12H2/b10-9+. The van der Waals surface area contributed by atoms with Gasteiger partial charge in [0.15, 0.2) is 12.4 Å². The topological polar surface area (TPSA) is 65.2 Å². The van der Waals surface area contributed by atoms with Gasteiger partial charge >= 0.3 is 5.97 Å². The molecule has 2 aromatic carbocycles. The molecule has 7 heteroatoms. The molecule has 0 spiro atoms. The summed E-state index contributed by atoms with van der Waals surface area (Å²) in [4.78, 5) is 20.5. The predicted octanol–water partition coefficient (Wildman–Crippen LogP) is 5.36. The van der Waals surface area contributed by atoms with E-state index in [4.69, 9.17) is 20.8 Å². The molecule has 27 heavy (non-hydrogen) atoms. The lowest BCUT2D eigenvalue weighted by molar-refractivity contribution is -0.139. The van der Waals surface area contributed by atoms with Crippen LogP contribution >= 0.6 is 22.9 Å². The molecule has 0 amide bonds. The van der Waals surface area contributed by atoms with Crippen molar-refractivity contribution in [1.29, 1.82) is 0 Å². The highest BCUT2D eigenvalue weighted by molar-refractivity contribution is 7.19. The number of para-hydroxylation sites is 1. The summed E-state index contributed by atoms with van der Waals surface area (Å²) in [5.41, 5.74) is 1.75. The molecule has 134 valence electrons. The van der Waals surface area contributed by atoms with Crippen LogP contribution in [0.4, 0.5) is 0 Å². The van der Waals surface area contributed by atoms with Gasteiger partial charge in [-0.2, -0.15) is 0 Å². The van der Waals surface area contributed by atoms with Crippen LogP contribution in [0.25, 0.3) is 27.6 Å². The number of nitrogens with zero attached hydrogens (tertiary/aromatic N) is 2. The van der Waals surface area contributed by atoms with Crippen LogP contribution in [0.5, 0.6) is 0 Å². The number of benzene rings is 2. The lowest BCUT2D eigenvalue weighted by Gasteiger charge is -1.98. The van der Waals surface area contributed by atoms with Gasteiger partial charge in [0, 0.05) is 16.7 Å². The number of hydrogen-bond donors (Lipinski definition) is 0. The highest BCUT2D eigenvalue weighted by Gasteiger charge is 2.08. The molecule has 4 rings (SSSR count). The molecule has 0 atom stereocenters. The molecule has 5 nitrogen and oxygen atoms in total. The number of esters is 1. The minimum Gasteiger partial charge on any atom is -0.453 e. The number of carbonyl (C=O) groups is 1. The van der Waals surface area contributed by atoms with E-state index in [1.54, 1.807) is 24.4 Å². The Morgan fingerprint density at radius 1 is 1.19 bits per heavy atom. The average Bonchev–Trinajstić information content (AvgIpc) is 3.32.